The van der Waals surface area contributed by atoms with Crippen LogP contribution in [0.3, 0.4) is 0 Å². The Kier molecular flexibility index (Phi) is 7.97. The largest absolute Gasteiger partial charge is 0.352 e. The van der Waals surface area contributed by atoms with E-state index >= 15 is 0 Å². The molecule has 0 fully saturated rings. The molecule has 3 heteroatoms. The van der Waals surface area contributed by atoms with Crippen LogP contribution in [0.25, 0.3) is 0 Å². The van der Waals surface area contributed by atoms with Gasteiger partial charge in [0.2, 0.25) is 0 Å². The normalized spacial score (nSPS) is 10.8. The van der Waals surface area contributed by atoms with Crippen molar-refractivity contribution in [1.82, 2.24) is 10.6 Å². The fourth-order valence-corrected chi connectivity index (χ4v) is 2.00. The lowest BCUT2D eigenvalue weighted by atomic mass is 10.1. The van der Waals surface area contributed by atoms with E-state index in [0.29, 0.717) is 6.04 Å². The van der Waals surface area contributed by atoms with Crippen molar-refractivity contribution >= 4 is 5.91 Å². The molecule has 1 amide bonds. The molecule has 0 saturated heterocycles. The number of rotatable bonds is 9. The van der Waals surface area contributed by atoms with Gasteiger partial charge in [-0.25, -0.2) is 0 Å². The minimum Gasteiger partial charge on any atom is -0.352 e. The number of amides is 1. The standard InChI is InChI=1S/C17H28N2O/c1-14(2)18-12-6-4-5-7-13-19-17(20)16-10-8-15(3)9-11-16/h8-11,14,18H,4-7,12-13H2,1-3H3,(H,19,20). The highest BCUT2D eigenvalue weighted by Crippen LogP contribution is 2.03. The molecular weight excluding hydrogens is 248 g/mol. The summed E-state index contributed by atoms with van der Waals surface area (Å²) in [6.45, 7) is 8.22. The van der Waals surface area contributed by atoms with Crippen molar-refractivity contribution in [3.63, 3.8) is 0 Å². The van der Waals surface area contributed by atoms with Gasteiger partial charge in [-0.2, -0.15) is 0 Å². The summed E-state index contributed by atoms with van der Waals surface area (Å²) in [6, 6.07) is 8.27. The molecule has 0 spiro atoms. The van der Waals surface area contributed by atoms with E-state index in [1.165, 1.54) is 24.8 Å². The predicted octanol–water partition coefficient (Wildman–Crippen LogP) is 3.28. The molecular formula is C17H28N2O. The molecule has 0 saturated carbocycles. The van der Waals surface area contributed by atoms with Crippen molar-refractivity contribution < 1.29 is 4.79 Å². The Hall–Kier alpha value is -1.35. The third-order valence-electron chi connectivity index (χ3n) is 3.26. The quantitative estimate of drug-likeness (QED) is 0.680. The van der Waals surface area contributed by atoms with Gasteiger partial charge in [0, 0.05) is 18.2 Å². The Morgan fingerprint density at radius 1 is 1.00 bits per heavy atom. The molecule has 0 atom stereocenters. The Bertz CT molecular complexity index is 384. The van der Waals surface area contributed by atoms with Crippen LogP contribution in [0.2, 0.25) is 0 Å². The lowest BCUT2D eigenvalue weighted by molar-refractivity contribution is 0.0953. The summed E-state index contributed by atoms with van der Waals surface area (Å²) in [4.78, 5) is 11.8. The van der Waals surface area contributed by atoms with Crippen molar-refractivity contribution in [3.05, 3.63) is 35.4 Å². The summed E-state index contributed by atoms with van der Waals surface area (Å²) >= 11 is 0. The van der Waals surface area contributed by atoms with Crippen LogP contribution in [-0.2, 0) is 0 Å². The zero-order valence-corrected chi connectivity index (χ0v) is 13.0. The highest BCUT2D eigenvalue weighted by Gasteiger charge is 2.03. The van der Waals surface area contributed by atoms with Crippen LogP contribution in [0.5, 0.6) is 0 Å². The predicted molar refractivity (Wildman–Crippen MR) is 85.1 cm³/mol. The van der Waals surface area contributed by atoms with Gasteiger partial charge in [0.25, 0.3) is 5.91 Å². The zero-order valence-electron chi connectivity index (χ0n) is 13.0. The maximum atomic E-state index is 11.8. The first-order valence-corrected chi connectivity index (χ1v) is 7.68. The summed E-state index contributed by atoms with van der Waals surface area (Å²) < 4.78 is 0. The van der Waals surface area contributed by atoms with Crippen LogP contribution in [0, 0.1) is 6.92 Å². The Morgan fingerprint density at radius 3 is 2.20 bits per heavy atom. The van der Waals surface area contributed by atoms with Crippen LogP contribution in [0.15, 0.2) is 24.3 Å². The van der Waals surface area contributed by atoms with E-state index in [4.69, 9.17) is 0 Å². The molecule has 0 aliphatic carbocycles. The maximum absolute atomic E-state index is 11.8. The Morgan fingerprint density at radius 2 is 1.60 bits per heavy atom. The number of hydrogen-bond acceptors (Lipinski definition) is 2. The third kappa shape index (κ3) is 7.29. The average molecular weight is 276 g/mol. The van der Waals surface area contributed by atoms with Crippen molar-refractivity contribution in [3.8, 4) is 0 Å². The first kappa shape index (κ1) is 16.7. The summed E-state index contributed by atoms with van der Waals surface area (Å²) in [5.74, 6) is 0.0338. The molecule has 3 nitrogen and oxygen atoms in total. The minimum atomic E-state index is 0.0338. The van der Waals surface area contributed by atoms with E-state index in [-0.39, 0.29) is 5.91 Å². The van der Waals surface area contributed by atoms with Crippen molar-refractivity contribution in [2.45, 2.75) is 52.5 Å². The number of hydrogen-bond donors (Lipinski definition) is 2. The third-order valence-corrected chi connectivity index (χ3v) is 3.26. The van der Waals surface area contributed by atoms with Gasteiger partial charge in [-0.1, -0.05) is 44.4 Å². The lowest BCUT2D eigenvalue weighted by Gasteiger charge is -2.08. The fraction of sp³-hybridized carbons (Fsp3) is 0.588. The average Bonchev–Trinajstić information content (AvgIpc) is 2.42. The van der Waals surface area contributed by atoms with Gasteiger partial charge in [0.1, 0.15) is 0 Å². The number of carbonyl (C=O) groups excluding carboxylic acids is 1. The molecule has 0 aliphatic rings. The van der Waals surface area contributed by atoms with Gasteiger partial charge in [0.05, 0.1) is 0 Å². The fourth-order valence-electron chi connectivity index (χ4n) is 2.00. The Labute approximate surface area is 123 Å². The van der Waals surface area contributed by atoms with E-state index in [2.05, 4.69) is 24.5 Å². The highest BCUT2D eigenvalue weighted by molar-refractivity contribution is 5.94. The number of unbranched alkanes of at least 4 members (excludes halogenated alkanes) is 3. The molecule has 20 heavy (non-hydrogen) atoms. The summed E-state index contributed by atoms with van der Waals surface area (Å²) in [5, 5.41) is 6.38. The first-order chi connectivity index (χ1) is 9.59. The van der Waals surface area contributed by atoms with Crippen molar-refractivity contribution in [1.29, 1.82) is 0 Å². The Balaban J connectivity index is 2.04. The highest BCUT2D eigenvalue weighted by atomic mass is 16.1. The topological polar surface area (TPSA) is 41.1 Å². The lowest BCUT2D eigenvalue weighted by Crippen LogP contribution is -2.24. The molecule has 1 rings (SSSR count). The van der Waals surface area contributed by atoms with Gasteiger partial charge < -0.3 is 10.6 Å². The number of aryl methyl sites for hydroxylation is 1. The summed E-state index contributed by atoms with van der Waals surface area (Å²) in [5.41, 5.74) is 1.92. The second-order valence-electron chi connectivity index (χ2n) is 5.64. The van der Waals surface area contributed by atoms with Crippen molar-refractivity contribution in [2.75, 3.05) is 13.1 Å². The zero-order chi connectivity index (χ0) is 14.8. The van der Waals surface area contributed by atoms with Gasteiger partial charge in [-0.15, -0.1) is 0 Å². The molecule has 0 aromatic heterocycles. The van der Waals surface area contributed by atoms with Gasteiger partial charge >= 0.3 is 0 Å². The summed E-state index contributed by atoms with van der Waals surface area (Å²) in [7, 11) is 0. The number of carbonyl (C=O) groups is 1. The van der Waals surface area contributed by atoms with Gasteiger partial charge in [0.15, 0.2) is 0 Å². The molecule has 112 valence electrons. The van der Waals surface area contributed by atoms with E-state index < -0.39 is 0 Å². The monoisotopic (exact) mass is 276 g/mol. The SMILES string of the molecule is Cc1ccc(C(=O)NCCCCCCNC(C)C)cc1. The van der Waals surface area contributed by atoms with E-state index in [1.807, 2.05) is 31.2 Å². The van der Waals surface area contributed by atoms with Gasteiger partial charge in [-0.3, -0.25) is 4.79 Å². The molecule has 0 radical (unpaired) electrons. The maximum Gasteiger partial charge on any atom is 0.251 e. The molecule has 1 aromatic carbocycles. The van der Waals surface area contributed by atoms with Crippen LogP contribution < -0.4 is 10.6 Å². The number of nitrogens with one attached hydrogen (secondary N) is 2. The molecule has 1 aromatic rings. The number of benzene rings is 1. The molecule has 0 unspecified atom stereocenters. The smallest absolute Gasteiger partial charge is 0.251 e. The van der Waals surface area contributed by atoms with Gasteiger partial charge in [-0.05, 0) is 38.4 Å². The van der Waals surface area contributed by atoms with E-state index in [9.17, 15) is 4.79 Å². The first-order valence-electron chi connectivity index (χ1n) is 7.68. The van der Waals surface area contributed by atoms with Crippen LogP contribution in [0.4, 0.5) is 0 Å². The van der Waals surface area contributed by atoms with Crippen LogP contribution in [0.1, 0.15) is 55.5 Å². The second-order valence-corrected chi connectivity index (χ2v) is 5.64. The van der Waals surface area contributed by atoms with E-state index in [0.717, 1.165) is 25.1 Å². The molecule has 0 bridgehead atoms. The van der Waals surface area contributed by atoms with Crippen LogP contribution >= 0.6 is 0 Å². The molecule has 0 aliphatic heterocycles. The van der Waals surface area contributed by atoms with Crippen LogP contribution in [-0.4, -0.2) is 25.0 Å². The molecule has 0 heterocycles. The minimum absolute atomic E-state index is 0.0338. The van der Waals surface area contributed by atoms with Crippen molar-refractivity contribution in [2.24, 2.45) is 0 Å². The molecule has 2 N–H and O–H groups in total. The van der Waals surface area contributed by atoms with E-state index in [1.54, 1.807) is 0 Å². The summed E-state index contributed by atoms with van der Waals surface area (Å²) in [6.07, 6.45) is 4.66. The second kappa shape index (κ2) is 9.54.